The van der Waals surface area contributed by atoms with Gasteiger partial charge >= 0.3 is 0 Å². The van der Waals surface area contributed by atoms with Crippen molar-refractivity contribution >= 4 is 21.6 Å². The van der Waals surface area contributed by atoms with Crippen LogP contribution in [-0.2, 0) is 16.6 Å². The lowest BCUT2D eigenvalue weighted by Crippen LogP contribution is -2.42. The molecule has 1 saturated carbocycles. The maximum absolute atomic E-state index is 12.5. The number of hydrogen-bond donors (Lipinski definition) is 2. The Balaban J connectivity index is 2.18. The SMILES string of the molecule is CC1CCC(NS(=O)(=O)c2ccc(Cl)c(CN)c2)C(C)C1. The van der Waals surface area contributed by atoms with Gasteiger partial charge in [0.2, 0.25) is 10.0 Å². The van der Waals surface area contributed by atoms with Crippen molar-refractivity contribution in [2.24, 2.45) is 17.6 Å². The van der Waals surface area contributed by atoms with Crippen LogP contribution in [0.25, 0.3) is 0 Å². The highest BCUT2D eigenvalue weighted by Gasteiger charge is 2.29. The van der Waals surface area contributed by atoms with Crippen molar-refractivity contribution in [1.82, 2.24) is 4.72 Å². The molecule has 0 aliphatic heterocycles. The molecule has 118 valence electrons. The van der Waals surface area contributed by atoms with Gasteiger partial charge in [0.1, 0.15) is 0 Å². The molecule has 1 aliphatic rings. The van der Waals surface area contributed by atoms with E-state index in [4.69, 9.17) is 17.3 Å². The van der Waals surface area contributed by atoms with E-state index < -0.39 is 10.0 Å². The lowest BCUT2D eigenvalue weighted by Gasteiger charge is -2.32. The maximum Gasteiger partial charge on any atom is 0.240 e. The van der Waals surface area contributed by atoms with E-state index in [2.05, 4.69) is 18.6 Å². The van der Waals surface area contributed by atoms with Crippen molar-refractivity contribution in [3.05, 3.63) is 28.8 Å². The van der Waals surface area contributed by atoms with Crippen molar-refractivity contribution in [2.75, 3.05) is 0 Å². The summed E-state index contributed by atoms with van der Waals surface area (Å²) >= 11 is 5.98. The number of rotatable bonds is 4. The Labute approximate surface area is 132 Å². The molecule has 1 aromatic carbocycles. The first-order chi connectivity index (χ1) is 9.83. The lowest BCUT2D eigenvalue weighted by molar-refractivity contribution is 0.249. The zero-order valence-electron chi connectivity index (χ0n) is 12.5. The third-order valence-electron chi connectivity index (χ3n) is 4.29. The van der Waals surface area contributed by atoms with Gasteiger partial charge in [-0.15, -0.1) is 0 Å². The number of nitrogens with two attached hydrogens (primary N) is 1. The summed E-state index contributed by atoms with van der Waals surface area (Å²) in [5.41, 5.74) is 6.23. The van der Waals surface area contributed by atoms with Crippen molar-refractivity contribution in [1.29, 1.82) is 0 Å². The standard InChI is InChI=1S/C15H23ClN2O2S/c1-10-3-6-15(11(2)7-10)18-21(19,20)13-4-5-14(16)12(8-13)9-17/h4-5,8,10-11,15,18H,3,6-7,9,17H2,1-2H3. The zero-order chi connectivity index (χ0) is 15.6. The molecule has 3 N–H and O–H groups in total. The molecule has 1 aliphatic carbocycles. The summed E-state index contributed by atoms with van der Waals surface area (Å²) in [7, 11) is -3.52. The van der Waals surface area contributed by atoms with Crippen LogP contribution >= 0.6 is 11.6 Å². The Morgan fingerprint density at radius 2 is 2.05 bits per heavy atom. The predicted molar refractivity (Wildman–Crippen MR) is 85.6 cm³/mol. The molecule has 0 amide bonds. The Hall–Kier alpha value is -0.620. The molecule has 0 heterocycles. The van der Waals surface area contributed by atoms with Gasteiger partial charge in [-0.25, -0.2) is 13.1 Å². The fourth-order valence-electron chi connectivity index (χ4n) is 2.98. The molecular formula is C15H23ClN2O2S. The number of halogens is 1. The number of hydrogen-bond acceptors (Lipinski definition) is 3. The molecule has 3 atom stereocenters. The maximum atomic E-state index is 12.5. The Morgan fingerprint density at radius 3 is 2.67 bits per heavy atom. The van der Waals surface area contributed by atoms with E-state index in [1.165, 1.54) is 6.07 Å². The fraction of sp³-hybridized carbons (Fsp3) is 0.600. The molecule has 3 unspecified atom stereocenters. The molecule has 0 bridgehead atoms. The summed E-state index contributed by atoms with van der Waals surface area (Å²) < 4.78 is 27.9. The van der Waals surface area contributed by atoms with Gasteiger partial charge in [-0.3, -0.25) is 0 Å². The van der Waals surface area contributed by atoms with Crippen LogP contribution in [-0.4, -0.2) is 14.5 Å². The number of nitrogens with one attached hydrogen (secondary N) is 1. The third-order valence-corrected chi connectivity index (χ3v) is 6.14. The van der Waals surface area contributed by atoms with Gasteiger partial charge in [0, 0.05) is 17.6 Å². The Bertz CT molecular complexity index is 604. The van der Waals surface area contributed by atoms with Gasteiger partial charge in [0.15, 0.2) is 0 Å². The van der Waals surface area contributed by atoms with E-state index in [9.17, 15) is 8.42 Å². The minimum atomic E-state index is -3.52. The van der Waals surface area contributed by atoms with Crippen LogP contribution in [0.3, 0.4) is 0 Å². The Kier molecular flexibility index (Phi) is 5.30. The second-order valence-corrected chi connectivity index (χ2v) is 8.20. The van der Waals surface area contributed by atoms with Gasteiger partial charge < -0.3 is 5.73 Å². The molecule has 0 saturated heterocycles. The van der Waals surface area contributed by atoms with Crippen LogP contribution in [0.4, 0.5) is 0 Å². The first kappa shape index (κ1) is 16.7. The van der Waals surface area contributed by atoms with E-state index >= 15 is 0 Å². The van der Waals surface area contributed by atoms with E-state index in [1.807, 2.05) is 0 Å². The van der Waals surface area contributed by atoms with Gasteiger partial charge in [-0.1, -0.05) is 25.4 Å². The van der Waals surface area contributed by atoms with E-state index in [1.54, 1.807) is 12.1 Å². The third kappa shape index (κ3) is 3.97. The first-order valence-electron chi connectivity index (χ1n) is 7.34. The van der Waals surface area contributed by atoms with Crippen LogP contribution < -0.4 is 10.5 Å². The predicted octanol–water partition coefficient (Wildman–Crippen LogP) is 2.90. The number of sulfonamides is 1. The molecule has 21 heavy (non-hydrogen) atoms. The molecule has 1 fully saturated rings. The second-order valence-electron chi connectivity index (χ2n) is 6.08. The molecular weight excluding hydrogens is 308 g/mol. The molecule has 2 rings (SSSR count). The van der Waals surface area contributed by atoms with Gasteiger partial charge in [0.05, 0.1) is 4.90 Å². The van der Waals surface area contributed by atoms with Gasteiger partial charge in [-0.05, 0) is 54.9 Å². The van der Waals surface area contributed by atoms with E-state index in [0.717, 1.165) is 19.3 Å². The molecule has 1 aromatic rings. The summed E-state index contributed by atoms with van der Waals surface area (Å²) in [5, 5.41) is 0.497. The van der Waals surface area contributed by atoms with Crippen molar-refractivity contribution in [3.8, 4) is 0 Å². The minimum absolute atomic E-state index is 0.00297. The van der Waals surface area contributed by atoms with Crippen LogP contribution in [0.2, 0.25) is 5.02 Å². The fourth-order valence-corrected chi connectivity index (χ4v) is 4.61. The smallest absolute Gasteiger partial charge is 0.240 e. The first-order valence-corrected chi connectivity index (χ1v) is 9.20. The quantitative estimate of drug-likeness (QED) is 0.891. The van der Waals surface area contributed by atoms with Crippen LogP contribution in [0.15, 0.2) is 23.1 Å². The molecule has 0 spiro atoms. The van der Waals surface area contributed by atoms with Crippen LogP contribution in [0, 0.1) is 11.8 Å². The summed E-state index contributed by atoms with van der Waals surface area (Å²) in [5.74, 6) is 1.02. The lowest BCUT2D eigenvalue weighted by atomic mass is 9.80. The van der Waals surface area contributed by atoms with Crippen LogP contribution in [0.1, 0.15) is 38.7 Å². The molecule has 0 radical (unpaired) electrons. The van der Waals surface area contributed by atoms with E-state index in [-0.39, 0.29) is 17.5 Å². The summed E-state index contributed by atoms with van der Waals surface area (Å²) in [6.45, 7) is 4.55. The number of benzene rings is 1. The average molecular weight is 331 g/mol. The normalized spacial score (nSPS) is 26.8. The van der Waals surface area contributed by atoms with E-state index in [0.29, 0.717) is 22.4 Å². The van der Waals surface area contributed by atoms with Crippen molar-refractivity contribution in [2.45, 2.75) is 50.6 Å². The highest BCUT2D eigenvalue weighted by Crippen LogP contribution is 2.30. The molecule has 0 aromatic heterocycles. The van der Waals surface area contributed by atoms with Crippen molar-refractivity contribution in [3.63, 3.8) is 0 Å². The largest absolute Gasteiger partial charge is 0.326 e. The monoisotopic (exact) mass is 330 g/mol. The summed E-state index contributed by atoms with van der Waals surface area (Å²) in [6, 6.07) is 4.68. The highest BCUT2D eigenvalue weighted by molar-refractivity contribution is 7.89. The Morgan fingerprint density at radius 1 is 1.33 bits per heavy atom. The second kappa shape index (κ2) is 6.65. The van der Waals surface area contributed by atoms with Gasteiger partial charge in [-0.2, -0.15) is 0 Å². The summed E-state index contributed by atoms with van der Waals surface area (Å²) in [4.78, 5) is 0.234. The molecule has 6 heteroatoms. The average Bonchev–Trinajstić information content (AvgIpc) is 2.42. The van der Waals surface area contributed by atoms with Crippen molar-refractivity contribution < 1.29 is 8.42 Å². The minimum Gasteiger partial charge on any atom is -0.326 e. The zero-order valence-corrected chi connectivity index (χ0v) is 14.0. The highest BCUT2D eigenvalue weighted by atomic mass is 35.5. The van der Waals surface area contributed by atoms with Crippen LogP contribution in [0.5, 0.6) is 0 Å². The summed E-state index contributed by atoms with van der Waals surface area (Å²) in [6.07, 6.45) is 3.01. The molecule has 4 nitrogen and oxygen atoms in total. The van der Waals surface area contributed by atoms with Gasteiger partial charge in [0.25, 0.3) is 0 Å². The topological polar surface area (TPSA) is 72.2 Å².